The van der Waals surface area contributed by atoms with E-state index >= 15 is 0 Å². The highest BCUT2D eigenvalue weighted by atomic mass is 79.9. The molecule has 0 aromatic heterocycles. The quantitative estimate of drug-likeness (QED) is 0.307. The smallest absolute Gasteiger partial charge is 0.168 e. The molecule has 0 saturated carbocycles. The van der Waals surface area contributed by atoms with Crippen LogP contribution in [0.4, 0.5) is 17.1 Å². The summed E-state index contributed by atoms with van der Waals surface area (Å²) >= 11 is 7.16. The Labute approximate surface area is 187 Å². The van der Waals surface area contributed by atoms with Gasteiger partial charge in [0.1, 0.15) is 0 Å². The van der Waals surface area contributed by atoms with Crippen LogP contribution in [0.2, 0.25) is 0 Å². The summed E-state index contributed by atoms with van der Waals surface area (Å²) in [6, 6.07) is 36.2. The van der Waals surface area contributed by atoms with Crippen LogP contribution in [-0.4, -0.2) is 0 Å². The molecule has 4 aromatic carbocycles. The van der Waals surface area contributed by atoms with E-state index in [1.54, 1.807) is 0 Å². The topological polar surface area (TPSA) is 15.3 Å². The van der Waals surface area contributed by atoms with Crippen molar-refractivity contribution in [2.75, 3.05) is 10.2 Å². The van der Waals surface area contributed by atoms with E-state index in [0.29, 0.717) is 0 Å². The molecular weight excluding hydrogens is 488 g/mol. The molecule has 142 valence electrons. The second kappa shape index (κ2) is 7.36. The monoisotopic (exact) mass is 504 g/mol. The number of benzene rings is 4. The third kappa shape index (κ3) is 3.07. The molecule has 0 saturated heterocycles. The summed E-state index contributed by atoms with van der Waals surface area (Å²) < 4.78 is 2.13. The normalized spacial score (nSPS) is 17.7. The van der Waals surface area contributed by atoms with E-state index in [1.807, 2.05) is 0 Å². The third-order valence-corrected chi connectivity index (χ3v) is 6.39. The molecule has 1 unspecified atom stereocenters. The van der Waals surface area contributed by atoms with Crippen LogP contribution in [0.15, 0.2) is 112 Å². The largest absolute Gasteiger partial charge is 0.353 e. The summed E-state index contributed by atoms with van der Waals surface area (Å²) in [6.45, 7) is 0. The lowest BCUT2D eigenvalue weighted by Crippen LogP contribution is -2.46. The van der Waals surface area contributed by atoms with Crippen LogP contribution in [0.5, 0.6) is 0 Å². The average molecular weight is 506 g/mol. The first-order valence-electron chi connectivity index (χ1n) is 9.43. The van der Waals surface area contributed by atoms with Crippen LogP contribution >= 0.6 is 31.9 Å². The first kappa shape index (κ1) is 18.5. The fraction of sp³-hybridized carbons (Fsp3) is 0.0400. The van der Waals surface area contributed by atoms with Crippen molar-refractivity contribution in [3.8, 4) is 0 Å². The van der Waals surface area contributed by atoms with Crippen molar-refractivity contribution in [1.82, 2.24) is 0 Å². The minimum Gasteiger partial charge on any atom is -0.353 e. The zero-order valence-corrected chi connectivity index (χ0v) is 18.7. The number of nitrogens with one attached hydrogen (secondary N) is 1. The number of anilines is 3. The Balaban J connectivity index is 1.83. The molecule has 0 amide bonds. The van der Waals surface area contributed by atoms with Crippen molar-refractivity contribution in [2.45, 2.75) is 5.66 Å². The molecule has 2 nitrogen and oxygen atoms in total. The van der Waals surface area contributed by atoms with Crippen LogP contribution < -0.4 is 10.2 Å². The molecule has 29 heavy (non-hydrogen) atoms. The first-order chi connectivity index (χ1) is 14.2. The van der Waals surface area contributed by atoms with Gasteiger partial charge in [-0.3, -0.25) is 0 Å². The van der Waals surface area contributed by atoms with Crippen molar-refractivity contribution in [2.24, 2.45) is 0 Å². The third-order valence-electron chi connectivity index (χ3n) is 5.33. The average Bonchev–Trinajstić information content (AvgIpc) is 3.12. The minimum absolute atomic E-state index is 0.556. The lowest BCUT2D eigenvalue weighted by Gasteiger charge is -2.41. The summed E-state index contributed by atoms with van der Waals surface area (Å²) in [5.74, 6) is 0. The van der Waals surface area contributed by atoms with Gasteiger partial charge in [-0.15, -0.1) is 0 Å². The molecule has 1 N–H and O–H groups in total. The fourth-order valence-corrected chi connectivity index (χ4v) is 4.60. The van der Waals surface area contributed by atoms with Gasteiger partial charge < -0.3 is 10.2 Å². The zero-order valence-electron chi connectivity index (χ0n) is 15.5. The number of halogens is 2. The van der Waals surface area contributed by atoms with E-state index in [2.05, 4.69) is 145 Å². The van der Waals surface area contributed by atoms with Crippen molar-refractivity contribution < 1.29 is 0 Å². The molecular formula is C25H18Br2N2. The van der Waals surface area contributed by atoms with Crippen LogP contribution in [0.1, 0.15) is 11.1 Å². The highest BCUT2D eigenvalue weighted by molar-refractivity contribution is 9.10. The zero-order chi connectivity index (χ0) is 19.8. The summed E-state index contributed by atoms with van der Waals surface area (Å²) in [7, 11) is 0. The Hall–Kier alpha value is -2.56. The SMILES string of the molecule is Brc1ccc(N2c3ccccc3NC2(c2ccccc2)c2ccc(Br)cc2)cc1. The van der Waals surface area contributed by atoms with Gasteiger partial charge in [0.2, 0.25) is 0 Å². The number of hydrogen-bond acceptors (Lipinski definition) is 2. The predicted octanol–water partition coefficient (Wildman–Crippen LogP) is 7.68. The summed E-state index contributed by atoms with van der Waals surface area (Å²) in [5, 5.41) is 3.86. The van der Waals surface area contributed by atoms with Crippen LogP contribution in [0, 0.1) is 0 Å². The van der Waals surface area contributed by atoms with Crippen molar-refractivity contribution >= 4 is 48.9 Å². The Morgan fingerprint density at radius 2 is 1.14 bits per heavy atom. The van der Waals surface area contributed by atoms with Crippen LogP contribution in [0.3, 0.4) is 0 Å². The van der Waals surface area contributed by atoms with Gasteiger partial charge in [-0.2, -0.15) is 0 Å². The number of nitrogens with zero attached hydrogens (tertiary/aromatic N) is 1. The fourth-order valence-electron chi connectivity index (χ4n) is 4.07. The van der Waals surface area contributed by atoms with Gasteiger partial charge in [0.25, 0.3) is 0 Å². The van der Waals surface area contributed by atoms with Crippen molar-refractivity contribution in [3.05, 3.63) is 123 Å². The second-order valence-corrected chi connectivity index (χ2v) is 8.87. The number of fused-ring (bicyclic) bond motifs is 1. The molecule has 0 fully saturated rings. The molecule has 4 heteroatoms. The maximum Gasteiger partial charge on any atom is 0.168 e. The lowest BCUT2D eigenvalue weighted by atomic mass is 9.89. The maximum atomic E-state index is 3.86. The minimum atomic E-state index is -0.556. The second-order valence-electron chi connectivity index (χ2n) is 7.04. The van der Waals surface area contributed by atoms with Gasteiger partial charge in [-0.25, -0.2) is 0 Å². The highest BCUT2D eigenvalue weighted by Gasteiger charge is 2.47. The van der Waals surface area contributed by atoms with Crippen molar-refractivity contribution in [1.29, 1.82) is 0 Å². The van der Waals surface area contributed by atoms with E-state index in [-0.39, 0.29) is 0 Å². The molecule has 0 bridgehead atoms. The summed E-state index contributed by atoms with van der Waals surface area (Å²) in [4.78, 5) is 2.40. The molecule has 1 aliphatic heterocycles. The molecule has 0 radical (unpaired) electrons. The highest BCUT2D eigenvalue weighted by Crippen LogP contribution is 2.52. The summed E-state index contributed by atoms with van der Waals surface area (Å²) in [5.41, 5.74) is 5.19. The summed E-state index contributed by atoms with van der Waals surface area (Å²) in [6.07, 6.45) is 0. The van der Waals surface area contributed by atoms with Gasteiger partial charge in [0, 0.05) is 25.8 Å². The van der Waals surface area contributed by atoms with E-state index in [4.69, 9.17) is 0 Å². The first-order valence-corrected chi connectivity index (χ1v) is 11.0. The lowest BCUT2D eigenvalue weighted by molar-refractivity contribution is 0.624. The van der Waals surface area contributed by atoms with E-state index in [0.717, 1.165) is 26.0 Å². The Morgan fingerprint density at radius 3 is 1.83 bits per heavy atom. The molecule has 1 atom stereocenters. The van der Waals surface area contributed by atoms with Gasteiger partial charge in [0.05, 0.1) is 11.4 Å². The van der Waals surface area contributed by atoms with Gasteiger partial charge in [0.15, 0.2) is 5.66 Å². The van der Waals surface area contributed by atoms with Gasteiger partial charge in [-0.1, -0.05) is 86.5 Å². The van der Waals surface area contributed by atoms with Crippen LogP contribution in [-0.2, 0) is 5.66 Å². The van der Waals surface area contributed by atoms with Gasteiger partial charge in [-0.05, 0) is 48.5 Å². The predicted molar refractivity (Wildman–Crippen MR) is 128 cm³/mol. The van der Waals surface area contributed by atoms with E-state index < -0.39 is 5.66 Å². The molecule has 1 heterocycles. The molecule has 0 aliphatic carbocycles. The van der Waals surface area contributed by atoms with E-state index in [1.165, 1.54) is 11.1 Å². The number of para-hydroxylation sites is 2. The number of rotatable bonds is 3. The Kier molecular flexibility index (Phi) is 4.69. The van der Waals surface area contributed by atoms with Gasteiger partial charge >= 0.3 is 0 Å². The molecule has 5 rings (SSSR count). The molecule has 0 spiro atoms. The standard InChI is InChI=1S/C25H18Br2N2/c26-20-12-10-19(11-13-20)25(18-6-2-1-3-7-18)28-23-8-4-5-9-24(23)29(25)22-16-14-21(27)15-17-22/h1-17,28H. The van der Waals surface area contributed by atoms with Crippen molar-refractivity contribution in [3.63, 3.8) is 0 Å². The van der Waals surface area contributed by atoms with Crippen LogP contribution in [0.25, 0.3) is 0 Å². The Bertz CT molecular complexity index is 1140. The number of hydrogen-bond donors (Lipinski definition) is 1. The molecule has 4 aromatic rings. The Morgan fingerprint density at radius 1 is 0.586 bits per heavy atom. The van der Waals surface area contributed by atoms with E-state index in [9.17, 15) is 0 Å². The maximum absolute atomic E-state index is 3.86. The molecule has 1 aliphatic rings.